The first-order valence-corrected chi connectivity index (χ1v) is 8.00. The fraction of sp³-hybridized carbons (Fsp3) is 0.211. The SMILES string of the molecule is COc1ccc(C)cc1Nc1nncc(Nc2cc(C)cc(C)c2)n1. The number of nitrogens with one attached hydrogen (secondary N) is 2. The van der Waals surface area contributed by atoms with Gasteiger partial charge in [0.15, 0.2) is 5.82 Å². The molecule has 2 aromatic carbocycles. The molecule has 1 aromatic heterocycles. The lowest BCUT2D eigenvalue weighted by Gasteiger charge is -2.12. The van der Waals surface area contributed by atoms with Crippen LogP contribution in [-0.4, -0.2) is 22.3 Å². The van der Waals surface area contributed by atoms with E-state index in [-0.39, 0.29) is 0 Å². The molecule has 128 valence electrons. The average molecular weight is 335 g/mol. The van der Waals surface area contributed by atoms with Gasteiger partial charge in [-0.3, -0.25) is 0 Å². The first-order chi connectivity index (χ1) is 12.0. The van der Waals surface area contributed by atoms with Crippen LogP contribution in [0.4, 0.5) is 23.1 Å². The van der Waals surface area contributed by atoms with Crippen LogP contribution in [0.5, 0.6) is 5.75 Å². The Bertz CT molecular complexity index is 874. The quantitative estimate of drug-likeness (QED) is 0.724. The second kappa shape index (κ2) is 7.17. The van der Waals surface area contributed by atoms with Gasteiger partial charge in [0.25, 0.3) is 0 Å². The van der Waals surface area contributed by atoms with Crippen LogP contribution in [-0.2, 0) is 0 Å². The van der Waals surface area contributed by atoms with E-state index >= 15 is 0 Å². The van der Waals surface area contributed by atoms with E-state index < -0.39 is 0 Å². The minimum atomic E-state index is 0.401. The fourth-order valence-corrected chi connectivity index (χ4v) is 2.65. The van der Waals surface area contributed by atoms with E-state index in [0.717, 1.165) is 22.7 Å². The van der Waals surface area contributed by atoms with E-state index in [0.29, 0.717) is 11.8 Å². The second-order valence-corrected chi connectivity index (χ2v) is 6.00. The average Bonchev–Trinajstić information content (AvgIpc) is 2.54. The Morgan fingerprint density at radius 3 is 2.36 bits per heavy atom. The van der Waals surface area contributed by atoms with Gasteiger partial charge >= 0.3 is 0 Å². The summed E-state index contributed by atoms with van der Waals surface area (Å²) in [6.45, 7) is 6.14. The number of rotatable bonds is 5. The first-order valence-electron chi connectivity index (χ1n) is 8.00. The predicted molar refractivity (Wildman–Crippen MR) is 100 cm³/mol. The topological polar surface area (TPSA) is 72.0 Å². The largest absolute Gasteiger partial charge is 0.495 e. The molecule has 0 fully saturated rings. The standard InChI is InChI=1S/C19H21N5O/c1-12-5-6-17(25-4)16(10-12)22-19-23-18(11-20-24-19)21-15-8-13(2)7-14(3)9-15/h5-11H,1-4H3,(H2,21,22,23,24). The zero-order valence-corrected chi connectivity index (χ0v) is 14.8. The first kappa shape index (κ1) is 16.7. The molecule has 6 nitrogen and oxygen atoms in total. The summed E-state index contributed by atoms with van der Waals surface area (Å²) >= 11 is 0. The third-order valence-corrected chi connectivity index (χ3v) is 3.65. The monoisotopic (exact) mass is 335 g/mol. The maximum atomic E-state index is 5.37. The van der Waals surface area contributed by atoms with Gasteiger partial charge in [-0.25, -0.2) is 0 Å². The van der Waals surface area contributed by atoms with Crippen molar-refractivity contribution in [1.82, 2.24) is 15.2 Å². The van der Waals surface area contributed by atoms with Crippen molar-refractivity contribution in [3.63, 3.8) is 0 Å². The van der Waals surface area contributed by atoms with E-state index in [9.17, 15) is 0 Å². The van der Waals surface area contributed by atoms with Gasteiger partial charge in [-0.15, -0.1) is 5.10 Å². The zero-order chi connectivity index (χ0) is 17.8. The van der Waals surface area contributed by atoms with Gasteiger partial charge in [0.1, 0.15) is 5.75 Å². The molecule has 6 heteroatoms. The van der Waals surface area contributed by atoms with Gasteiger partial charge in [-0.2, -0.15) is 10.1 Å². The van der Waals surface area contributed by atoms with E-state index in [1.807, 2.05) is 25.1 Å². The van der Waals surface area contributed by atoms with Gasteiger partial charge < -0.3 is 15.4 Å². The predicted octanol–water partition coefficient (Wildman–Crippen LogP) is 4.29. The van der Waals surface area contributed by atoms with Crippen LogP contribution in [0.25, 0.3) is 0 Å². The molecule has 0 amide bonds. The highest BCUT2D eigenvalue weighted by Crippen LogP contribution is 2.27. The van der Waals surface area contributed by atoms with Crippen molar-refractivity contribution in [2.24, 2.45) is 0 Å². The molecular weight excluding hydrogens is 314 g/mol. The minimum absolute atomic E-state index is 0.401. The Hall–Kier alpha value is -3.15. The molecule has 2 N–H and O–H groups in total. The molecule has 25 heavy (non-hydrogen) atoms. The Morgan fingerprint density at radius 1 is 0.880 bits per heavy atom. The lowest BCUT2D eigenvalue weighted by Crippen LogP contribution is -2.03. The van der Waals surface area contributed by atoms with Gasteiger partial charge in [-0.1, -0.05) is 12.1 Å². The summed E-state index contributed by atoms with van der Waals surface area (Å²) in [6.07, 6.45) is 1.59. The molecule has 0 unspecified atom stereocenters. The van der Waals surface area contributed by atoms with Gasteiger partial charge in [-0.05, 0) is 61.7 Å². The third kappa shape index (κ3) is 4.23. The maximum absolute atomic E-state index is 5.37. The summed E-state index contributed by atoms with van der Waals surface area (Å²) in [7, 11) is 1.63. The molecule has 3 rings (SSSR count). The van der Waals surface area contributed by atoms with Crippen LogP contribution in [0.1, 0.15) is 16.7 Å². The Kier molecular flexibility index (Phi) is 4.79. The van der Waals surface area contributed by atoms with Gasteiger partial charge in [0.05, 0.1) is 19.0 Å². The third-order valence-electron chi connectivity index (χ3n) is 3.65. The van der Waals surface area contributed by atoms with Crippen molar-refractivity contribution in [2.45, 2.75) is 20.8 Å². The fourth-order valence-electron chi connectivity index (χ4n) is 2.65. The summed E-state index contributed by atoms with van der Waals surface area (Å²) in [6, 6.07) is 12.1. The number of anilines is 4. The number of ether oxygens (including phenoxy) is 1. The van der Waals surface area contributed by atoms with Crippen molar-refractivity contribution in [1.29, 1.82) is 0 Å². The van der Waals surface area contributed by atoms with E-state index in [1.165, 1.54) is 11.1 Å². The van der Waals surface area contributed by atoms with E-state index in [4.69, 9.17) is 4.74 Å². The summed E-state index contributed by atoms with van der Waals surface area (Å²) in [5, 5.41) is 14.5. The number of aromatic nitrogens is 3. The molecule has 0 bridgehead atoms. The molecule has 0 aliphatic rings. The molecule has 0 radical (unpaired) electrons. The van der Waals surface area contributed by atoms with E-state index in [2.05, 4.69) is 57.9 Å². The van der Waals surface area contributed by atoms with Crippen molar-refractivity contribution in [2.75, 3.05) is 17.7 Å². The Morgan fingerprint density at radius 2 is 1.64 bits per heavy atom. The summed E-state index contributed by atoms with van der Waals surface area (Å²) in [5.41, 5.74) is 5.26. The number of hydrogen-bond donors (Lipinski definition) is 2. The highest BCUT2D eigenvalue weighted by molar-refractivity contribution is 5.65. The van der Waals surface area contributed by atoms with Crippen molar-refractivity contribution >= 4 is 23.1 Å². The Labute approximate surface area is 147 Å². The lowest BCUT2D eigenvalue weighted by molar-refractivity contribution is 0.416. The molecule has 0 saturated heterocycles. The van der Waals surface area contributed by atoms with Crippen LogP contribution in [0.3, 0.4) is 0 Å². The minimum Gasteiger partial charge on any atom is -0.495 e. The second-order valence-electron chi connectivity index (χ2n) is 6.00. The molecule has 1 heterocycles. The molecule has 3 aromatic rings. The number of hydrogen-bond acceptors (Lipinski definition) is 6. The maximum Gasteiger partial charge on any atom is 0.249 e. The van der Waals surface area contributed by atoms with E-state index in [1.54, 1.807) is 13.3 Å². The zero-order valence-electron chi connectivity index (χ0n) is 14.8. The van der Waals surface area contributed by atoms with Gasteiger partial charge in [0.2, 0.25) is 5.95 Å². The Balaban J connectivity index is 1.83. The van der Waals surface area contributed by atoms with Gasteiger partial charge in [0, 0.05) is 5.69 Å². The smallest absolute Gasteiger partial charge is 0.249 e. The lowest BCUT2D eigenvalue weighted by atomic mass is 10.1. The van der Waals surface area contributed by atoms with Crippen LogP contribution in [0, 0.1) is 20.8 Å². The van der Waals surface area contributed by atoms with Crippen LogP contribution < -0.4 is 15.4 Å². The highest BCUT2D eigenvalue weighted by Gasteiger charge is 2.07. The molecule has 0 aliphatic heterocycles. The van der Waals surface area contributed by atoms with Crippen molar-refractivity contribution in [3.05, 3.63) is 59.3 Å². The normalized spacial score (nSPS) is 10.4. The number of benzene rings is 2. The van der Waals surface area contributed by atoms with Crippen LogP contribution >= 0.6 is 0 Å². The molecular formula is C19H21N5O. The van der Waals surface area contributed by atoms with Crippen molar-refractivity contribution in [3.8, 4) is 5.75 Å². The van der Waals surface area contributed by atoms with Crippen LogP contribution in [0.2, 0.25) is 0 Å². The highest BCUT2D eigenvalue weighted by atomic mass is 16.5. The summed E-state index contributed by atoms with van der Waals surface area (Å²) < 4.78 is 5.37. The molecule has 0 atom stereocenters. The van der Waals surface area contributed by atoms with Crippen molar-refractivity contribution < 1.29 is 4.74 Å². The molecule has 0 spiro atoms. The number of methoxy groups -OCH3 is 1. The number of aryl methyl sites for hydroxylation is 3. The summed E-state index contributed by atoms with van der Waals surface area (Å²) in [4.78, 5) is 4.48. The molecule has 0 aliphatic carbocycles. The van der Waals surface area contributed by atoms with Crippen LogP contribution in [0.15, 0.2) is 42.6 Å². The summed E-state index contributed by atoms with van der Waals surface area (Å²) in [5.74, 6) is 1.74. The number of nitrogens with zero attached hydrogens (tertiary/aromatic N) is 3. The molecule has 0 saturated carbocycles.